The minimum atomic E-state index is -0.399. The maximum absolute atomic E-state index is 12.6. The number of aromatic nitrogens is 3. The van der Waals surface area contributed by atoms with Crippen molar-refractivity contribution in [2.45, 2.75) is 32.2 Å². The van der Waals surface area contributed by atoms with E-state index in [-0.39, 0.29) is 17.9 Å². The molecule has 0 radical (unpaired) electrons. The van der Waals surface area contributed by atoms with Crippen LogP contribution in [0.3, 0.4) is 0 Å². The van der Waals surface area contributed by atoms with Gasteiger partial charge in [-0.25, -0.2) is 4.79 Å². The van der Waals surface area contributed by atoms with Gasteiger partial charge in [0.2, 0.25) is 17.6 Å². The zero-order chi connectivity index (χ0) is 22.4. The van der Waals surface area contributed by atoms with Crippen molar-refractivity contribution in [1.29, 1.82) is 0 Å². The number of carbonyl (C=O) groups is 1. The smallest absolute Gasteiger partial charge is 0.420 e. The van der Waals surface area contributed by atoms with Gasteiger partial charge < -0.3 is 18.6 Å². The number of fused-ring (bicyclic) bond motifs is 1. The zero-order valence-electron chi connectivity index (χ0n) is 17.9. The van der Waals surface area contributed by atoms with Crippen molar-refractivity contribution in [3.05, 3.63) is 58.9 Å². The van der Waals surface area contributed by atoms with Gasteiger partial charge in [-0.05, 0) is 56.3 Å². The van der Waals surface area contributed by atoms with Crippen LogP contribution in [0, 0.1) is 0 Å². The van der Waals surface area contributed by atoms with Crippen molar-refractivity contribution in [3.63, 3.8) is 0 Å². The highest BCUT2D eigenvalue weighted by molar-refractivity contribution is 5.96. The Balaban J connectivity index is 1.39. The van der Waals surface area contributed by atoms with Gasteiger partial charge in [-0.2, -0.15) is 4.98 Å². The molecule has 4 aromatic rings. The number of benzene rings is 2. The standard InChI is InChI=1S/C23H22N4O5/c1-13(2)27-18-9-4-14(10-19(18)31-23(27)29)21-24-22(32-25-21)15-11-20(28)26(12-15)16-5-7-17(30-3)8-6-16/h4-10,13,15H,11-12H2,1-3H3. The zero-order valence-corrected chi connectivity index (χ0v) is 17.9. The molecule has 1 saturated heterocycles. The van der Waals surface area contributed by atoms with Crippen molar-refractivity contribution in [3.8, 4) is 17.1 Å². The van der Waals surface area contributed by atoms with Gasteiger partial charge in [0.05, 0.1) is 18.5 Å². The first kappa shape index (κ1) is 20.0. The lowest BCUT2D eigenvalue weighted by Crippen LogP contribution is -2.24. The predicted molar refractivity (Wildman–Crippen MR) is 117 cm³/mol. The molecule has 32 heavy (non-hydrogen) atoms. The van der Waals surface area contributed by atoms with Crippen LogP contribution in [0.25, 0.3) is 22.5 Å². The van der Waals surface area contributed by atoms with E-state index in [2.05, 4.69) is 10.1 Å². The Morgan fingerprint density at radius 3 is 2.62 bits per heavy atom. The molecule has 2 aromatic heterocycles. The summed E-state index contributed by atoms with van der Waals surface area (Å²) in [5.74, 6) is 0.926. The predicted octanol–water partition coefficient (Wildman–Crippen LogP) is 3.75. The molecule has 1 aliphatic rings. The molecule has 0 bridgehead atoms. The van der Waals surface area contributed by atoms with Gasteiger partial charge in [-0.1, -0.05) is 5.16 Å². The lowest BCUT2D eigenvalue weighted by molar-refractivity contribution is -0.117. The number of oxazole rings is 1. The molecule has 0 N–H and O–H groups in total. The van der Waals surface area contributed by atoms with Crippen molar-refractivity contribution >= 4 is 22.7 Å². The number of nitrogens with zero attached hydrogens (tertiary/aromatic N) is 4. The summed E-state index contributed by atoms with van der Waals surface area (Å²) in [6.45, 7) is 4.31. The Morgan fingerprint density at radius 2 is 1.91 bits per heavy atom. The SMILES string of the molecule is COc1ccc(N2CC(c3nc(-c4ccc5c(c4)oc(=O)n5C(C)C)no3)CC2=O)cc1. The number of methoxy groups -OCH3 is 1. The molecule has 9 nitrogen and oxygen atoms in total. The fraction of sp³-hybridized carbons (Fsp3) is 0.304. The fourth-order valence-corrected chi connectivity index (χ4v) is 4.07. The normalized spacial score (nSPS) is 16.4. The minimum absolute atomic E-state index is 0.00173. The Bertz CT molecular complexity index is 1350. The molecule has 9 heteroatoms. The molecule has 164 valence electrons. The molecule has 1 amide bonds. The average Bonchev–Trinajstić information content (AvgIpc) is 3.49. The number of anilines is 1. The Kier molecular flexibility index (Phi) is 4.80. The lowest BCUT2D eigenvalue weighted by Gasteiger charge is -2.16. The first-order valence-electron chi connectivity index (χ1n) is 10.4. The van der Waals surface area contributed by atoms with E-state index in [1.165, 1.54) is 0 Å². The highest BCUT2D eigenvalue weighted by Gasteiger charge is 2.35. The third-order valence-electron chi connectivity index (χ3n) is 5.69. The largest absolute Gasteiger partial charge is 0.497 e. The number of hydrogen-bond acceptors (Lipinski definition) is 7. The van der Waals surface area contributed by atoms with E-state index in [9.17, 15) is 9.59 Å². The van der Waals surface area contributed by atoms with E-state index in [4.69, 9.17) is 13.7 Å². The Morgan fingerprint density at radius 1 is 1.12 bits per heavy atom. The molecule has 1 unspecified atom stereocenters. The van der Waals surface area contributed by atoms with Gasteiger partial charge in [-0.3, -0.25) is 9.36 Å². The summed E-state index contributed by atoms with van der Waals surface area (Å²) < 4.78 is 17.7. The molecular formula is C23H22N4O5. The number of rotatable bonds is 5. The monoisotopic (exact) mass is 434 g/mol. The van der Waals surface area contributed by atoms with Gasteiger partial charge >= 0.3 is 5.76 Å². The maximum Gasteiger partial charge on any atom is 0.420 e. The van der Waals surface area contributed by atoms with Crippen molar-refractivity contribution in [2.24, 2.45) is 0 Å². The summed E-state index contributed by atoms with van der Waals surface area (Å²) in [5, 5.41) is 4.09. The maximum atomic E-state index is 12.6. The van der Waals surface area contributed by atoms with Gasteiger partial charge in [0.1, 0.15) is 5.75 Å². The van der Waals surface area contributed by atoms with Gasteiger partial charge in [0.15, 0.2) is 5.58 Å². The van der Waals surface area contributed by atoms with Crippen LogP contribution in [0.5, 0.6) is 5.75 Å². The number of carbonyl (C=O) groups excluding carboxylic acids is 1. The Labute approximate surface area is 183 Å². The first-order valence-corrected chi connectivity index (χ1v) is 10.4. The fourth-order valence-electron chi connectivity index (χ4n) is 4.07. The van der Waals surface area contributed by atoms with Crippen LogP contribution in [0.15, 0.2) is 56.2 Å². The molecule has 0 spiro atoms. The van der Waals surface area contributed by atoms with Crippen molar-refractivity contribution < 1.29 is 18.5 Å². The topological polar surface area (TPSA) is 104 Å². The third-order valence-corrected chi connectivity index (χ3v) is 5.69. The van der Waals surface area contributed by atoms with E-state index in [0.717, 1.165) is 11.4 Å². The van der Waals surface area contributed by atoms with E-state index in [1.807, 2.05) is 50.2 Å². The van der Waals surface area contributed by atoms with Crippen molar-refractivity contribution in [1.82, 2.24) is 14.7 Å². The van der Waals surface area contributed by atoms with E-state index >= 15 is 0 Å². The van der Waals surface area contributed by atoms with E-state index in [1.54, 1.807) is 22.6 Å². The van der Waals surface area contributed by atoms with E-state index < -0.39 is 5.76 Å². The molecule has 0 saturated carbocycles. The lowest BCUT2D eigenvalue weighted by atomic mass is 10.1. The summed E-state index contributed by atoms with van der Waals surface area (Å²) in [5.41, 5.74) is 2.66. The van der Waals surface area contributed by atoms with Crippen LogP contribution in [-0.4, -0.2) is 34.3 Å². The second-order valence-corrected chi connectivity index (χ2v) is 8.07. The van der Waals surface area contributed by atoms with Crippen LogP contribution in [0.2, 0.25) is 0 Å². The third kappa shape index (κ3) is 3.35. The van der Waals surface area contributed by atoms with Gasteiger partial charge in [0.25, 0.3) is 0 Å². The highest BCUT2D eigenvalue weighted by Crippen LogP contribution is 2.33. The summed E-state index contributed by atoms with van der Waals surface area (Å²) >= 11 is 0. The minimum Gasteiger partial charge on any atom is -0.497 e. The molecule has 1 aliphatic heterocycles. The summed E-state index contributed by atoms with van der Waals surface area (Å²) in [6, 6.07) is 12.7. The molecule has 1 atom stereocenters. The number of hydrogen-bond donors (Lipinski definition) is 0. The highest BCUT2D eigenvalue weighted by atomic mass is 16.5. The Hall–Kier alpha value is -3.88. The van der Waals surface area contributed by atoms with Crippen LogP contribution in [0.4, 0.5) is 5.69 Å². The quantitative estimate of drug-likeness (QED) is 0.471. The second kappa shape index (κ2) is 7.67. The molecule has 3 heterocycles. The van der Waals surface area contributed by atoms with Gasteiger partial charge in [0, 0.05) is 30.3 Å². The van der Waals surface area contributed by atoms with E-state index in [0.29, 0.717) is 41.3 Å². The average molecular weight is 434 g/mol. The number of amides is 1. The second-order valence-electron chi connectivity index (χ2n) is 8.07. The summed E-state index contributed by atoms with van der Waals surface area (Å²) in [7, 11) is 1.60. The summed E-state index contributed by atoms with van der Waals surface area (Å²) in [4.78, 5) is 30.9. The molecular weight excluding hydrogens is 412 g/mol. The molecule has 2 aromatic carbocycles. The van der Waals surface area contributed by atoms with Crippen molar-refractivity contribution in [2.75, 3.05) is 18.6 Å². The summed E-state index contributed by atoms with van der Waals surface area (Å²) in [6.07, 6.45) is 0.290. The molecule has 1 fully saturated rings. The molecule has 0 aliphatic carbocycles. The van der Waals surface area contributed by atoms with Crippen LogP contribution in [-0.2, 0) is 4.79 Å². The van der Waals surface area contributed by atoms with Crippen LogP contribution >= 0.6 is 0 Å². The van der Waals surface area contributed by atoms with Gasteiger partial charge in [-0.15, -0.1) is 0 Å². The van der Waals surface area contributed by atoms with Crippen LogP contribution < -0.4 is 15.4 Å². The molecule has 5 rings (SSSR count). The number of ether oxygens (including phenoxy) is 1. The van der Waals surface area contributed by atoms with Crippen LogP contribution in [0.1, 0.15) is 38.1 Å². The first-order chi connectivity index (χ1) is 15.4.